The molecule has 1 aliphatic heterocycles. The first-order chi connectivity index (χ1) is 8.25. The zero-order valence-electron chi connectivity index (χ0n) is 9.58. The van der Waals surface area contributed by atoms with Crippen LogP contribution in [0.5, 0.6) is 0 Å². The van der Waals surface area contributed by atoms with E-state index in [0.717, 1.165) is 26.2 Å². The number of nitrogens with one attached hydrogen (secondary N) is 2. The molecule has 1 fully saturated rings. The smallest absolute Gasteiger partial charge is 0.252 e. The first-order valence-electron chi connectivity index (χ1n) is 5.72. The van der Waals surface area contributed by atoms with Crippen molar-refractivity contribution in [1.82, 2.24) is 15.5 Å². The van der Waals surface area contributed by atoms with E-state index < -0.39 is 0 Å². The Morgan fingerprint density at radius 2 is 1.94 bits per heavy atom. The van der Waals surface area contributed by atoms with Crippen molar-refractivity contribution in [3.05, 3.63) is 34.9 Å². The third-order valence-electron chi connectivity index (χ3n) is 2.78. The van der Waals surface area contributed by atoms with Crippen molar-refractivity contribution in [3.8, 4) is 0 Å². The van der Waals surface area contributed by atoms with Gasteiger partial charge in [0.25, 0.3) is 5.91 Å². The molecule has 1 aliphatic rings. The maximum Gasteiger partial charge on any atom is 0.252 e. The van der Waals surface area contributed by atoms with Gasteiger partial charge < -0.3 is 10.6 Å². The standard InChI is InChI=1S/C12H16ClN3O/c13-11-3-1-10(2-4-11)12(17)15-9-16-7-5-14-6-8-16/h1-4,14H,5-9H2,(H,15,17). The fourth-order valence-corrected chi connectivity index (χ4v) is 1.88. The highest BCUT2D eigenvalue weighted by Gasteiger charge is 2.11. The number of hydrogen-bond acceptors (Lipinski definition) is 3. The van der Waals surface area contributed by atoms with Crippen LogP contribution in [-0.2, 0) is 0 Å². The van der Waals surface area contributed by atoms with Crippen LogP contribution in [0.15, 0.2) is 24.3 Å². The number of halogens is 1. The molecule has 0 saturated carbocycles. The summed E-state index contributed by atoms with van der Waals surface area (Å²) in [5, 5.41) is 6.82. The van der Waals surface area contributed by atoms with Gasteiger partial charge >= 0.3 is 0 Å². The lowest BCUT2D eigenvalue weighted by Gasteiger charge is -2.27. The minimum Gasteiger partial charge on any atom is -0.339 e. The first kappa shape index (κ1) is 12.4. The Balaban J connectivity index is 1.82. The molecule has 5 heteroatoms. The predicted molar refractivity (Wildman–Crippen MR) is 68.2 cm³/mol. The number of rotatable bonds is 3. The summed E-state index contributed by atoms with van der Waals surface area (Å²) in [7, 11) is 0. The molecular formula is C12H16ClN3O. The van der Waals surface area contributed by atoms with E-state index in [9.17, 15) is 4.79 Å². The number of hydrogen-bond donors (Lipinski definition) is 2. The van der Waals surface area contributed by atoms with Crippen molar-refractivity contribution >= 4 is 17.5 Å². The number of piperazine rings is 1. The van der Waals surface area contributed by atoms with Gasteiger partial charge in [0, 0.05) is 36.8 Å². The van der Waals surface area contributed by atoms with E-state index in [-0.39, 0.29) is 5.91 Å². The van der Waals surface area contributed by atoms with Crippen LogP contribution in [-0.4, -0.2) is 43.7 Å². The maximum absolute atomic E-state index is 11.8. The van der Waals surface area contributed by atoms with Gasteiger partial charge in [-0.05, 0) is 24.3 Å². The molecule has 0 bridgehead atoms. The van der Waals surface area contributed by atoms with Gasteiger partial charge in [0.1, 0.15) is 0 Å². The summed E-state index contributed by atoms with van der Waals surface area (Å²) in [5.74, 6) is -0.0554. The summed E-state index contributed by atoms with van der Waals surface area (Å²) >= 11 is 5.77. The molecule has 0 atom stereocenters. The summed E-state index contributed by atoms with van der Waals surface area (Å²) in [4.78, 5) is 14.0. The van der Waals surface area contributed by atoms with Crippen molar-refractivity contribution in [1.29, 1.82) is 0 Å². The molecule has 1 saturated heterocycles. The van der Waals surface area contributed by atoms with Gasteiger partial charge in [0.2, 0.25) is 0 Å². The van der Waals surface area contributed by atoms with Crippen LogP contribution in [0.25, 0.3) is 0 Å². The van der Waals surface area contributed by atoms with E-state index in [0.29, 0.717) is 17.3 Å². The van der Waals surface area contributed by atoms with Crippen LogP contribution in [0.1, 0.15) is 10.4 Å². The SMILES string of the molecule is O=C(NCN1CCNCC1)c1ccc(Cl)cc1. The quantitative estimate of drug-likeness (QED) is 0.843. The summed E-state index contributed by atoms with van der Waals surface area (Å²) < 4.78 is 0. The van der Waals surface area contributed by atoms with E-state index >= 15 is 0 Å². The molecule has 0 spiro atoms. The number of nitrogens with zero attached hydrogens (tertiary/aromatic N) is 1. The number of carbonyl (C=O) groups excluding carboxylic acids is 1. The molecule has 1 heterocycles. The molecule has 1 aromatic carbocycles. The van der Waals surface area contributed by atoms with Gasteiger partial charge in [0.05, 0.1) is 6.67 Å². The Morgan fingerprint density at radius 3 is 2.59 bits per heavy atom. The van der Waals surface area contributed by atoms with Crippen molar-refractivity contribution in [2.24, 2.45) is 0 Å². The van der Waals surface area contributed by atoms with Gasteiger partial charge in [-0.3, -0.25) is 9.69 Å². The Bertz CT molecular complexity index is 374. The van der Waals surface area contributed by atoms with Crippen LogP contribution in [0.4, 0.5) is 0 Å². The lowest BCUT2D eigenvalue weighted by Crippen LogP contribution is -2.48. The van der Waals surface area contributed by atoms with Crippen molar-refractivity contribution in [3.63, 3.8) is 0 Å². The number of carbonyl (C=O) groups is 1. The van der Waals surface area contributed by atoms with Crippen LogP contribution < -0.4 is 10.6 Å². The van der Waals surface area contributed by atoms with Gasteiger partial charge in [-0.15, -0.1) is 0 Å². The molecule has 4 nitrogen and oxygen atoms in total. The lowest BCUT2D eigenvalue weighted by molar-refractivity contribution is 0.0917. The Labute approximate surface area is 106 Å². The Kier molecular flexibility index (Phi) is 4.36. The largest absolute Gasteiger partial charge is 0.339 e. The predicted octanol–water partition coefficient (Wildman–Crippen LogP) is 0.933. The average Bonchev–Trinajstić information content (AvgIpc) is 2.38. The minimum atomic E-state index is -0.0554. The second-order valence-electron chi connectivity index (χ2n) is 4.04. The first-order valence-corrected chi connectivity index (χ1v) is 6.10. The highest BCUT2D eigenvalue weighted by atomic mass is 35.5. The molecule has 0 radical (unpaired) electrons. The van der Waals surface area contributed by atoms with Crippen molar-refractivity contribution < 1.29 is 4.79 Å². The normalized spacial score (nSPS) is 16.8. The number of benzene rings is 1. The van der Waals surface area contributed by atoms with Crippen LogP contribution >= 0.6 is 11.6 Å². The molecule has 0 unspecified atom stereocenters. The summed E-state index contributed by atoms with van der Waals surface area (Å²) in [5.41, 5.74) is 0.643. The van der Waals surface area contributed by atoms with Crippen LogP contribution in [0.3, 0.4) is 0 Å². The third-order valence-corrected chi connectivity index (χ3v) is 3.03. The topological polar surface area (TPSA) is 44.4 Å². The van der Waals surface area contributed by atoms with Crippen molar-refractivity contribution in [2.75, 3.05) is 32.8 Å². The minimum absolute atomic E-state index is 0.0554. The Morgan fingerprint density at radius 1 is 1.29 bits per heavy atom. The van der Waals surface area contributed by atoms with Crippen LogP contribution in [0, 0.1) is 0 Å². The second-order valence-corrected chi connectivity index (χ2v) is 4.48. The van der Waals surface area contributed by atoms with Crippen molar-refractivity contribution in [2.45, 2.75) is 0 Å². The molecule has 1 aromatic rings. The molecular weight excluding hydrogens is 238 g/mol. The summed E-state index contributed by atoms with van der Waals surface area (Å²) in [6.45, 7) is 4.51. The fraction of sp³-hybridized carbons (Fsp3) is 0.417. The average molecular weight is 254 g/mol. The molecule has 2 rings (SSSR count). The van der Waals surface area contributed by atoms with Gasteiger partial charge in [-0.1, -0.05) is 11.6 Å². The summed E-state index contributed by atoms with van der Waals surface area (Å²) in [6.07, 6.45) is 0. The van der Waals surface area contributed by atoms with E-state index in [1.165, 1.54) is 0 Å². The highest BCUT2D eigenvalue weighted by molar-refractivity contribution is 6.30. The molecule has 1 amide bonds. The second kappa shape index (κ2) is 6.00. The van der Waals surface area contributed by atoms with Gasteiger partial charge in [0.15, 0.2) is 0 Å². The van der Waals surface area contributed by atoms with Crippen LogP contribution in [0.2, 0.25) is 5.02 Å². The van der Waals surface area contributed by atoms with Gasteiger partial charge in [-0.25, -0.2) is 0 Å². The Hall–Kier alpha value is -1.10. The molecule has 2 N–H and O–H groups in total. The summed E-state index contributed by atoms with van der Waals surface area (Å²) in [6, 6.07) is 6.91. The zero-order valence-corrected chi connectivity index (χ0v) is 10.3. The zero-order chi connectivity index (χ0) is 12.1. The molecule has 0 aromatic heterocycles. The number of amides is 1. The third kappa shape index (κ3) is 3.70. The maximum atomic E-state index is 11.8. The van der Waals surface area contributed by atoms with Gasteiger partial charge in [-0.2, -0.15) is 0 Å². The van der Waals surface area contributed by atoms with E-state index in [1.54, 1.807) is 24.3 Å². The monoisotopic (exact) mass is 253 g/mol. The molecule has 92 valence electrons. The molecule has 17 heavy (non-hydrogen) atoms. The fourth-order valence-electron chi connectivity index (χ4n) is 1.76. The molecule has 0 aliphatic carbocycles. The highest BCUT2D eigenvalue weighted by Crippen LogP contribution is 2.09. The lowest BCUT2D eigenvalue weighted by atomic mass is 10.2. The van der Waals surface area contributed by atoms with E-state index in [2.05, 4.69) is 15.5 Å². The van der Waals surface area contributed by atoms with E-state index in [1.807, 2.05) is 0 Å². The van der Waals surface area contributed by atoms with E-state index in [4.69, 9.17) is 11.6 Å².